The molecule has 2 rings (SSSR count). The Balaban J connectivity index is 2.60. The van der Waals surface area contributed by atoms with Gasteiger partial charge in [-0.1, -0.05) is 13.8 Å². The number of nitrogens with zero attached hydrogens (tertiary/aromatic N) is 2. The molecule has 1 aromatic carbocycles. The summed E-state index contributed by atoms with van der Waals surface area (Å²) in [6.45, 7) is 11.0. The molecule has 1 unspecified atom stereocenters. The van der Waals surface area contributed by atoms with Crippen LogP contribution in [0.15, 0.2) is 29.2 Å². The summed E-state index contributed by atoms with van der Waals surface area (Å²) in [7, 11) is -2.80. The van der Waals surface area contributed by atoms with Crippen molar-refractivity contribution < 1.29 is 27.1 Å². The number of sulfonamides is 1. The molecular formula is C23H31FN2O5S. The lowest BCUT2D eigenvalue weighted by molar-refractivity contribution is 0.0587. The Morgan fingerprint density at radius 3 is 2.16 bits per heavy atom. The van der Waals surface area contributed by atoms with Crippen LogP contribution in [0.2, 0.25) is 0 Å². The van der Waals surface area contributed by atoms with Crippen LogP contribution in [0.4, 0.5) is 4.39 Å². The van der Waals surface area contributed by atoms with Crippen LogP contribution in [0.5, 0.6) is 0 Å². The maximum Gasteiger partial charge on any atom is 0.354 e. The minimum absolute atomic E-state index is 0.0615. The Morgan fingerprint density at radius 1 is 1.12 bits per heavy atom. The highest BCUT2D eigenvalue weighted by atomic mass is 32.2. The number of esters is 1. The summed E-state index contributed by atoms with van der Waals surface area (Å²) in [6, 6.07) is 3.49. The van der Waals surface area contributed by atoms with Gasteiger partial charge in [-0.25, -0.2) is 17.6 Å². The van der Waals surface area contributed by atoms with Crippen molar-refractivity contribution in [3.8, 4) is 0 Å². The Labute approximate surface area is 189 Å². The Hall–Kier alpha value is -2.52. The van der Waals surface area contributed by atoms with Crippen molar-refractivity contribution in [2.45, 2.75) is 59.0 Å². The number of aromatic nitrogens is 1. The van der Waals surface area contributed by atoms with Crippen LogP contribution in [-0.4, -0.2) is 48.7 Å². The number of ketones is 1. The van der Waals surface area contributed by atoms with Gasteiger partial charge < -0.3 is 9.30 Å². The normalized spacial score (nSPS) is 12.9. The van der Waals surface area contributed by atoms with E-state index in [0.29, 0.717) is 23.4 Å². The highest BCUT2D eigenvalue weighted by Gasteiger charge is 2.37. The zero-order valence-corrected chi connectivity index (χ0v) is 20.4. The van der Waals surface area contributed by atoms with Crippen molar-refractivity contribution in [3.63, 3.8) is 0 Å². The van der Waals surface area contributed by atoms with Gasteiger partial charge in [0, 0.05) is 24.3 Å². The molecule has 0 amide bonds. The quantitative estimate of drug-likeness (QED) is 0.412. The number of rotatable bonds is 9. The van der Waals surface area contributed by atoms with Crippen molar-refractivity contribution in [2.24, 2.45) is 5.92 Å². The second-order valence-electron chi connectivity index (χ2n) is 8.13. The minimum atomic E-state index is -4.07. The first-order valence-corrected chi connectivity index (χ1v) is 11.9. The van der Waals surface area contributed by atoms with Crippen molar-refractivity contribution in [1.82, 2.24) is 8.87 Å². The van der Waals surface area contributed by atoms with Crippen LogP contribution in [0.25, 0.3) is 0 Å². The third kappa shape index (κ3) is 4.78. The molecule has 1 aromatic heterocycles. The van der Waals surface area contributed by atoms with Gasteiger partial charge in [0.2, 0.25) is 10.0 Å². The van der Waals surface area contributed by atoms with E-state index in [2.05, 4.69) is 0 Å². The highest BCUT2D eigenvalue weighted by molar-refractivity contribution is 7.89. The van der Waals surface area contributed by atoms with Crippen molar-refractivity contribution in [3.05, 3.63) is 52.6 Å². The van der Waals surface area contributed by atoms with E-state index >= 15 is 0 Å². The van der Waals surface area contributed by atoms with E-state index in [1.165, 1.54) is 26.2 Å². The fourth-order valence-electron chi connectivity index (χ4n) is 3.92. The maximum atomic E-state index is 13.6. The van der Waals surface area contributed by atoms with Gasteiger partial charge in [0.05, 0.1) is 18.0 Å². The van der Waals surface area contributed by atoms with Crippen LogP contribution in [0.1, 0.15) is 59.8 Å². The Bertz CT molecular complexity index is 1100. The smallest absolute Gasteiger partial charge is 0.354 e. The molecule has 0 saturated heterocycles. The van der Waals surface area contributed by atoms with E-state index in [4.69, 9.17) is 4.74 Å². The van der Waals surface area contributed by atoms with E-state index in [1.54, 1.807) is 18.4 Å². The zero-order chi connectivity index (χ0) is 24.4. The number of benzene rings is 1. The molecule has 7 nitrogen and oxygen atoms in total. The molecule has 1 heterocycles. The number of carbonyl (C=O) groups is 2. The summed E-state index contributed by atoms with van der Waals surface area (Å²) in [4.78, 5) is 25.8. The van der Waals surface area contributed by atoms with Crippen molar-refractivity contribution >= 4 is 21.8 Å². The van der Waals surface area contributed by atoms with Crippen LogP contribution in [-0.2, 0) is 21.3 Å². The lowest BCUT2D eigenvalue weighted by atomic mass is 10.0. The number of hydrogen-bond acceptors (Lipinski definition) is 5. The number of carbonyl (C=O) groups excluding carboxylic acids is 2. The van der Waals surface area contributed by atoms with E-state index in [1.807, 2.05) is 20.8 Å². The minimum Gasteiger partial charge on any atom is -0.464 e. The number of ether oxygens (including phenoxy) is 1. The number of halogens is 1. The third-order valence-corrected chi connectivity index (χ3v) is 7.44. The largest absolute Gasteiger partial charge is 0.464 e. The monoisotopic (exact) mass is 466 g/mol. The molecule has 0 radical (unpaired) electrons. The molecule has 0 aliphatic carbocycles. The Kier molecular flexibility index (Phi) is 8.01. The zero-order valence-electron chi connectivity index (χ0n) is 19.6. The first kappa shape index (κ1) is 25.7. The maximum absolute atomic E-state index is 13.6. The molecule has 176 valence electrons. The molecule has 0 saturated carbocycles. The average Bonchev–Trinajstić information content (AvgIpc) is 2.99. The van der Waals surface area contributed by atoms with Crippen molar-refractivity contribution in [1.29, 1.82) is 0 Å². The van der Waals surface area contributed by atoms with Gasteiger partial charge in [0.15, 0.2) is 5.78 Å². The summed E-state index contributed by atoms with van der Waals surface area (Å²) < 4.78 is 47.8. The molecule has 32 heavy (non-hydrogen) atoms. The fraction of sp³-hybridized carbons (Fsp3) is 0.478. The van der Waals surface area contributed by atoms with Gasteiger partial charge in [-0.3, -0.25) is 4.79 Å². The predicted octanol–water partition coefficient (Wildman–Crippen LogP) is 3.97. The van der Waals surface area contributed by atoms with Crippen molar-refractivity contribution in [2.75, 3.05) is 13.7 Å². The summed E-state index contributed by atoms with van der Waals surface area (Å²) in [5, 5.41) is 0. The van der Waals surface area contributed by atoms with Gasteiger partial charge in [0.1, 0.15) is 11.5 Å². The van der Waals surface area contributed by atoms with E-state index in [0.717, 1.165) is 16.4 Å². The van der Waals surface area contributed by atoms with Crippen LogP contribution in [0.3, 0.4) is 0 Å². The van der Waals surface area contributed by atoms with Gasteiger partial charge in [-0.2, -0.15) is 4.31 Å². The summed E-state index contributed by atoms with van der Waals surface area (Å²) in [6.07, 6.45) is 0. The van der Waals surface area contributed by atoms with E-state index in [9.17, 15) is 22.4 Å². The lowest BCUT2D eigenvalue weighted by Crippen LogP contribution is -2.45. The van der Waals surface area contributed by atoms with Gasteiger partial charge in [0.25, 0.3) is 0 Å². The summed E-state index contributed by atoms with van der Waals surface area (Å²) in [5.74, 6) is -1.58. The first-order valence-electron chi connectivity index (χ1n) is 10.5. The predicted molar refractivity (Wildman–Crippen MR) is 120 cm³/mol. The van der Waals surface area contributed by atoms with Gasteiger partial charge in [-0.15, -0.1) is 0 Å². The van der Waals surface area contributed by atoms with Crippen LogP contribution < -0.4 is 0 Å². The SMILES string of the molecule is CCn1c(C)c(C(=O)C(C)N(CC(C)C)S(=O)(=O)c2ccc(F)cc2)c(C)c1C(=O)OC. The van der Waals surface area contributed by atoms with E-state index < -0.39 is 33.6 Å². The molecule has 9 heteroatoms. The molecule has 1 atom stereocenters. The second-order valence-corrected chi connectivity index (χ2v) is 10.0. The molecule has 0 fully saturated rings. The van der Waals surface area contributed by atoms with Gasteiger partial charge in [-0.05, 0) is 63.4 Å². The molecule has 0 aliphatic rings. The third-order valence-electron chi connectivity index (χ3n) is 5.48. The average molecular weight is 467 g/mol. The van der Waals surface area contributed by atoms with Gasteiger partial charge >= 0.3 is 5.97 Å². The highest BCUT2D eigenvalue weighted by Crippen LogP contribution is 2.28. The van der Waals surface area contributed by atoms with Crippen LogP contribution >= 0.6 is 0 Å². The second kappa shape index (κ2) is 9.95. The lowest BCUT2D eigenvalue weighted by Gasteiger charge is -2.29. The Morgan fingerprint density at radius 2 is 1.69 bits per heavy atom. The van der Waals surface area contributed by atoms with Crippen LogP contribution in [0, 0.1) is 25.6 Å². The number of hydrogen-bond donors (Lipinski definition) is 0. The molecule has 2 aromatic rings. The molecule has 0 bridgehead atoms. The molecule has 0 spiro atoms. The topological polar surface area (TPSA) is 85.7 Å². The molecule has 0 aliphatic heterocycles. The molecule has 0 N–H and O–H groups in total. The number of Topliss-reactive ketones (excluding diaryl/α,β-unsaturated/α-hetero) is 1. The van der Waals surface area contributed by atoms with E-state index in [-0.39, 0.29) is 23.1 Å². The molecular weight excluding hydrogens is 435 g/mol. The fourth-order valence-corrected chi connectivity index (χ4v) is 5.68. The summed E-state index contributed by atoms with van der Waals surface area (Å²) in [5.41, 5.74) is 1.62. The first-order chi connectivity index (χ1) is 14.9. The number of methoxy groups -OCH3 is 1. The standard InChI is InChI=1S/C23H31FN2O5S/c1-8-25-16(5)20(15(4)21(25)23(28)31-7)22(27)17(6)26(13-14(2)3)32(29,30)19-11-9-18(24)10-12-19/h9-12,14,17H,8,13H2,1-7H3. The summed E-state index contributed by atoms with van der Waals surface area (Å²) >= 11 is 0.